The highest BCUT2D eigenvalue weighted by molar-refractivity contribution is 9.10. The van der Waals surface area contributed by atoms with Crippen molar-refractivity contribution < 1.29 is 4.42 Å². The van der Waals surface area contributed by atoms with Gasteiger partial charge in [0.05, 0.1) is 12.3 Å². The fourth-order valence-electron chi connectivity index (χ4n) is 1.63. The molecule has 0 aliphatic carbocycles. The third kappa shape index (κ3) is 2.47. The number of nitrogens with one attached hydrogen (secondary N) is 1. The van der Waals surface area contributed by atoms with Crippen LogP contribution in [0.4, 0.5) is 5.69 Å². The number of aryl methyl sites for hydroxylation is 1. The van der Waals surface area contributed by atoms with Crippen LogP contribution >= 0.6 is 15.9 Å². The summed E-state index contributed by atoms with van der Waals surface area (Å²) in [6.07, 6.45) is 1.70. The summed E-state index contributed by atoms with van der Waals surface area (Å²) in [6, 6.07) is 10.3. The molecule has 1 heterocycles. The van der Waals surface area contributed by atoms with E-state index in [1.807, 2.05) is 18.2 Å². The molecule has 0 bridgehead atoms. The van der Waals surface area contributed by atoms with Gasteiger partial charge in [-0.05, 0) is 49.7 Å². The number of hydrogen-bond donors (Lipinski definition) is 1. The molecule has 1 unspecified atom stereocenters. The van der Waals surface area contributed by atoms with Gasteiger partial charge in [0.15, 0.2) is 0 Å². The molecule has 0 fully saturated rings. The molecule has 1 N–H and O–H groups in total. The van der Waals surface area contributed by atoms with Crippen LogP contribution in [0.2, 0.25) is 0 Å². The summed E-state index contributed by atoms with van der Waals surface area (Å²) in [5.41, 5.74) is 2.35. The molecule has 84 valence electrons. The van der Waals surface area contributed by atoms with Crippen molar-refractivity contribution in [1.82, 2.24) is 0 Å². The fraction of sp³-hybridized carbons (Fsp3) is 0.231. The second kappa shape index (κ2) is 4.74. The van der Waals surface area contributed by atoms with Crippen LogP contribution in [0.5, 0.6) is 0 Å². The molecule has 1 aromatic heterocycles. The zero-order valence-electron chi connectivity index (χ0n) is 9.33. The predicted molar refractivity (Wildman–Crippen MR) is 69.6 cm³/mol. The molecule has 2 nitrogen and oxygen atoms in total. The average molecular weight is 280 g/mol. The molecule has 0 saturated heterocycles. The van der Waals surface area contributed by atoms with Gasteiger partial charge in [0.2, 0.25) is 0 Å². The van der Waals surface area contributed by atoms with Gasteiger partial charge in [0.1, 0.15) is 5.76 Å². The highest BCUT2D eigenvalue weighted by atomic mass is 79.9. The largest absolute Gasteiger partial charge is 0.467 e. The zero-order valence-corrected chi connectivity index (χ0v) is 10.9. The number of benzene rings is 1. The average Bonchev–Trinajstić information content (AvgIpc) is 2.75. The Bertz CT molecular complexity index is 465. The Morgan fingerprint density at radius 3 is 2.75 bits per heavy atom. The number of rotatable bonds is 3. The van der Waals surface area contributed by atoms with Gasteiger partial charge in [-0.2, -0.15) is 0 Å². The first kappa shape index (κ1) is 11.3. The van der Waals surface area contributed by atoms with Crippen molar-refractivity contribution in [2.75, 3.05) is 5.32 Å². The molecule has 3 heteroatoms. The summed E-state index contributed by atoms with van der Waals surface area (Å²) in [6.45, 7) is 4.17. The van der Waals surface area contributed by atoms with Crippen molar-refractivity contribution in [3.63, 3.8) is 0 Å². The molecule has 0 radical (unpaired) electrons. The van der Waals surface area contributed by atoms with E-state index in [2.05, 4.69) is 47.2 Å². The first-order chi connectivity index (χ1) is 7.66. The van der Waals surface area contributed by atoms with Crippen molar-refractivity contribution >= 4 is 21.6 Å². The molecular weight excluding hydrogens is 266 g/mol. The van der Waals surface area contributed by atoms with Crippen LogP contribution in [0.1, 0.15) is 24.3 Å². The fourth-order valence-corrected chi connectivity index (χ4v) is 2.11. The van der Waals surface area contributed by atoms with Crippen LogP contribution in [0.3, 0.4) is 0 Å². The summed E-state index contributed by atoms with van der Waals surface area (Å²) in [4.78, 5) is 0. The monoisotopic (exact) mass is 279 g/mol. The van der Waals surface area contributed by atoms with E-state index in [0.717, 1.165) is 15.9 Å². The molecular formula is C13H14BrNO. The van der Waals surface area contributed by atoms with E-state index in [0.29, 0.717) is 0 Å². The first-order valence-electron chi connectivity index (χ1n) is 5.23. The zero-order chi connectivity index (χ0) is 11.5. The lowest BCUT2D eigenvalue weighted by Crippen LogP contribution is -2.06. The van der Waals surface area contributed by atoms with Gasteiger partial charge in [-0.1, -0.05) is 15.9 Å². The van der Waals surface area contributed by atoms with Crippen molar-refractivity contribution in [3.05, 3.63) is 52.4 Å². The maximum atomic E-state index is 5.36. The van der Waals surface area contributed by atoms with E-state index in [1.54, 1.807) is 6.26 Å². The Balaban J connectivity index is 2.15. The van der Waals surface area contributed by atoms with Gasteiger partial charge >= 0.3 is 0 Å². The topological polar surface area (TPSA) is 25.2 Å². The smallest absolute Gasteiger partial charge is 0.125 e. The summed E-state index contributed by atoms with van der Waals surface area (Å²) < 4.78 is 6.46. The van der Waals surface area contributed by atoms with E-state index in [-0.39, 0.29) is 6.04 Å². The maximum Gasteiger partial charge on any atom is 0.125 e. The first-order valence-corrected chi connectivity index (χ1v) is 6.02. The molecule has 0 amide bonds. The molecule has 2 aromatic rings. The SMILES string of the molecule is Cc1cc(Br)ccc1NC(C)c1ccco1. The van der Waals surface area contributed by atoms with E-state index in [9.17, 15) is 0 Å². The summed E-state index contributed by atoms with van der Waals surface area (Å²) in [7, 11) is 0. The van der Waals surface area contributed by atoms with Crippen molar-refractivity contribution in [2.45, 2.75) is 19.9 Å². The highest BCUT2D eigenvalue weighted by Gasteiger charge is 2.08. The normalized spacial score (nSPS) is 12.4. The van der Waals surface area contributed by atoms with E-state index in [4.69, 9.17) is 4.42 Å². The van der Waals surface area contributed by atoms with Crippen LogP contribution in [-0.4, -0.2) is 0 Å². The third-order valence-electron chi connectivity index (χ3n) is 2.53. The maximum absolute atomic E-state index is 5.36. The summed E-state index contributed by atoms with van der Waals surface area (Å²) in [5.74, 6) is 0.947. The molecule has 0 aliphatic heterocycles. The van der Waals surface area contributed by atoms with E-state index in [1.165, 1.54) is 5.56 Å². The van der Waals surface area contributed by atoms with Gasteiger partial charge in [0.25, 0.3) is 0 Å². The lowest BCUT2D eigenvalue weighted by atomic mass is 10.1. The Morgan fingerprint density at radius 2 is 2.12 bits per heavy atom. The molecule has 16 heavy (non-hydrogen) atoms. The number of anilines is 1. The Hall–Kier alpha value is -1.22. The lowest BCUT2D eigenvalue weighted by Gasteiger charge is -2.15. The highest BCUT2D eigenvalue weighted by Crippen LogP contribution is 2.24. The van der Waals surface area contributed by atoms with Gasteiger partial charge in [0, 0.05) is 10.2 Å². The quantitative estimate of drug-likeness (QED) is 0.894. The molecule has 1 atom stereocenters. The van der Waals surface area contributed by atoms with Crippen molar-refractivity contribution in [2.24, 2.45) is 0 Å². The predicted octanol–water partition coefficient (Wildman–Crippen LogP) is 4.52. The van der Waals surface area contributed by atoms with E-state index >= 15 is 0 Å². The summed E-state index contributed by atoms with van der Waals surface area (Å²) in [5, 5.41) is 3.43. The minimum Gasteiger partial charge on any atom is -0.467 e. The van der Waals surface area contributed by atoms with Crippen LogP contribution in [0, 0.1) is 6.92 Å². The second-order valence-electron chi connectivity index (χ2n) is 3.84. The minimum atomic E-state index is 0.176. The summed E-state index contributed by atoms with van der Waals surface area (Å²) >= 11 is 3.45. The minimum absolute atomic E-state index is 0.176. The molecule has 1 aromatic carbocycles. The number of furan rings is 1. The Kier molecular flexibility index (Phi) is 3.34. The van der Waals surface area contributed by atoms with E-state index < -0.39 is 0 Å². The van der Waals surface area contributed by atoms with Crippen LogP contribution in [0.25, 0.3) is 0 Å². The van der Waals surface area contributed by atoms with Gasteiger partial charge in [-0.15, -0.1) is 0 Å². The Labute approximate surface area is 104 Å². The van der Waals surface area contributed by atoms with Crippen molar-refractivity contribution in [3.8, 4) is 0 Å². The Morgan fingerprint density at radius 1 is 1.31 bits per heavy atom. The standard InChI is InChI=1S/C13H14BrNO/c1-9-8-11(14)5-6-12(9)15-10(2)13-4-3-7-16-13/h3-8,10,15H,1-2H3. The van der Waals surface area contributed by atoms with Crippen LogP contribution < -0.4 is 5.32 Å². The number of halogens is 1. The molecule has 2 rings (SSSR count). The third-order valence-corrected chi connectivity index (χ3v) is 3.02. The molecule has 0 aliphatic rings. The lowest BCUT2D eigenvalue weighted by molar-refractivity contribution is 0.490. The van der Waals surface area contributed by atoms with Gasteiger partial charge in [-0.3, -0.25) is 0 Å². The molecule has 0 saturated carbocycles. The number of hydrogen-bond acceptors (Lipinski definition) is 2. The van der Waals surface area contributed by atoms with Crippen LogP contribution in [0.15, 0.2) is 45.5 Å². The second-order valence-corrected chi connectivity index (χ2v) is 4.76. The van der Waals surface area contributed by atoms with Crippen LogP contribution in [-0.2, 0) is 0 Å². The molecule has 0 spiro atoms. The van der Waals surface area contributed by atoms with Gasteiger partial charge < -0.3 is 9.73 Å². The van der Waals surface area contributed by atoms with Gasteiger partial charge in [-0.25, -0.2) is 0 Å². The van der Waals surface area contributed by atoms with Crippen molar-refractivity contribution in [1.29, 1.82) is 0 Å².